The van der Waals surface area contributed by atoms with Crippen LogP contribution in [0.25, 0.3) is 0 Å². The Labute approximate surface area is 205 Å². The van der Waals surface area contributed by atoms with Crippen LogP contribution < -0.4 is 27.0 Å². The van der Waals surface area contributed by atoms with Gasteiger partial charge in [-0.2, -0.15) is 12.6 Å². The zero-order valence-corrected chi connectivity index (χ0v) is 21.2. The first-order valence-electron chi connectivity index (χ1n) is 11.1. The lowest BCUT2D eigenvalue weighted by Gasteiger charge is -2.27. The molecular weight excluding hydrogens is 466 g/mol. The van der Waals surface area contributed by atoms with E-state index in [4.69, 9.17) is 15.9 Å². The Hall–Kier alpha value is -2.38. The summed E-state index contributed by atoms with van der Waals surface area (Å²) in [6.45, 7) is 7.97. The number of hydrogen-bond acceptors (Lipinski definition) is 8. The Morgan fingerprint density at radius 3 is 1.50 bits per heavy atom. The number of aliphatic hydroxyl groups is 1. The number of carboxylic acids is 1. The number of nitrogens with two attached hydrogens (primary N) is 1. The molecule has 0 aromatic rings. The molecule has 0 spiro atoms. The molecule has 0 saturated carbocycles. The summed E-state index contributed by atoms with van der Waals surface area (Å²) in [5.74, 6) is -3.92. The highest BCUT2D eigenvalue weighted by Gasteiger charge is 2.31. The van der Waals surface area contributed by atoms with Crippen molar-refractivity contribution in [2.24, 2.45) is 17.6 Å². The van der Waals surface area contributed by atoms with Gasteiger partial charge in [-0.1, -0.05) is 27.7 Å². The first kappa shape index (κ1) is 31.6. The lowest BCUT2D eigenvalue weighted by atomic mass is 9.99. The van der Waals surface area contributed by atoms with E-state index >= 15 is 0 Å². The van der Waals surface area contributed by atoms with Gasteiger partial charge in [-0.15, -0.1) is 0 Å². The van der Waals surface area contributed by atoms with E-state index in [0.29, 0.717) is 0 Å². The van der Waals surface area contributed by atoms with Crippen molar-refractivity contribution in [1.82, 2.24) is 21.3 Å². The van der Waals surface area contributed by atoms with E-state index in [2.05, 4.69) is 33.9 Å². The van der Waals surface area contributed by atoms with Gasteiger partial charge in [0.15, 0.2) is 0 Å². The van der Waals surface area contributed by atoms with Crippen LogP contribution in [0.5, 0.6) is 0 Å². The normalized spacial score (nSPS) is 15.6. The van der Waals surface area contributed by atoms with Gasteiger partial charge in [-0.05, 0) is 31.6 Å². The average molecular weight is 506 g/mol. The van der Waals surface area contributed by atoms with Gasteiger partial charge in [0.1, 0.15) is 24.2 Å². The summed E-state index contributed by atoms with van der Waals surface area (Å²) in [5, 5.41) is 28.0. The molecule has 0 fully saturated rings. The van der Waals surface area contributed by atoms with Crippen LogP contribution in [0.2, 0.25) is 0 Å². The number of carbonyl (C=O) groups is 5. The second kappa shape index (κ2) is 15.5. The molecule has 0 saturated heterocycles. The molecule has 5 atom stereocenters. The molecule has 4 amide bonds. The summed E-state index contributed by atoms with van der Waals surface area (Å²) in [6.07, 6.45) is 0.449. The number of thiol groups is 1. The van der Waals surface area contributed by atoms with E-state index in [9.17, 15) is 24.0 Å². The van der Waals surface area contributed by atoms with Gasteiger partial charge in [-0.25, -0.2) is 4.79 Å². The third kappa shape index (κ3) is 11.7. The minimum atomic E-state index is -1.52. The number of amides is 4. The molecule has 0 heterocycles. The topological polar surface area (TPSA) is 200 Å². The summed E-state index contributed by atoms with van der Waals surface area (Å²) in [7, 11) is 0. The van der Waals surface area contributed by atoms with Gasteiger partial charge in [0.05, 0.1) is 12.6 Å². The molecule has 196 valence electrons. The highest BCUT2D eigenvalue weighted by Crippen LogP contribution is 2.09. The lowest BCUT2D eigenvalue weighted by molar-refractivity contribution is -0.143. The Morgan fingerprint density at radius 1 is 0.735 bits per heavy atom. The minimum absolute atomic E-state index is 0.00158. The second-order valence-corrected chi connectivity index (χ2v) is 9.35. The maximum absolute atomic E-state index is 13.0. The Balaban J connectivity index is 5.46. The summed E-state index contributed by atoms with van der Waals surface area (Å²) in [6, 6.07) is -5.48. The fourth-order valence-electron chi connectivity index (χ4n) is 2.90. The van der Waals surface area contributed by atoms with Crippen LogP contribution in [0, 0.1) is 11.8 Å². The maximum Gasteiger partial charge on any atom is 0.328 e. The number of carboxylic acid groups (broad SMARTS) is 1. The first-order chi connectivity index (χ1) is 15.7. The molecule has 0 aliphatic heterocycles. The predicted octanol–water partition coefficient (Wildman–Crippen LogP) is -1.63. The van der Waals surface area contributed by atoms with Gasteiger partial charge in [-0.3, -0.25) is 19.2 Å². The van der Waals surface area contributed by atoms with Crippen LogP contribution >= 0.6 is 12.6 Å². The van der Waals surface area contributed by atoms with Crippen molar-refractivity contribution < 1.29 is 34.2 Å². The zero-order chi connectivity index (χ0) is 26.6. The maximum atomic E-state index is 13.0. The van der Waals surface area contributed by atoms with Gasteiger partial charge in [0.25, 0.3) is 0 Å². The first-order valence-corrected chi connectivity index (χ1v) is 11.8. The molecule has 0 rings (SSSR count). The molecule has 0 radical (unpaired) electrons. The molecule has 12 nitrogen and oxygen atoms in total. The number of carbonyl (C=O) groups excluding carboxylic acids is 4. The van der Waals surface area contributed by atoms with E-state index in [1.165, 1.54) is 6.92 Å². The van der Waals surface area contributed by atoms with Crippen LogP contribution in [-0.4, -0.2) is 82.4 Å². The van der Waals surface area contributed by atoms with E-state index in [1.807, 2.05) is 27.7 Å². The molecule has 0 bridgehead atoms. The molecule has 0 aromatic carbocycles. The molecule has 0 aliphatic carbocycles. The SMILES string of the molecule is CC(C)C[C@H](NC(=O)[C@H](C)NC(=O)[C@@H](N)CS)C(=O)N[C@@H](CC(C)C)C(=O)N[C@@H](CO)C(=O)O. The van der Waals surface area contributed by atoms with Crippen LogP contribution in [0.15, 0.2) is 0 Å². The lowest BCUT2D eigenvalue weighted by Crippen LogP contribution is -2.58. The van der Waals surface area contributed by atoms with Crippen molar-refractivity contribution in [2.45, 2.75) is 77.7 Å². The van der Waals surface area contributed by atoms with Gasteiger partial charge in [0.2, 0.25) is 23.6 Å². The Bertz CT molecular complexity index is 720. The van der Waals surface area contributed by atoms with Crippen LogP contribution in [-0.2, 0) is 24.0 Å². The van der Waals surface area contributed by atoms with Crippen LogP contribution in [0.3, 0.4) is 0 Å². The second-order valence-electron chi connectivity index (χ2n) is 8.98. The van der Waals surface area contributed by atoms with Crippen molar-refractivity contribution in [3.8, 4) is 0 Å². The molecular formula is C21H39N5O7S. The molecule has 0 aliphatic rings. The molecule has 0 aromatic heterocycles. The van der Waals surface area contributed by atoms with E-state index < -0.39 is 66.4 Å². The number of rotatable bonds is 15. The van der Waals surface area contributed by atoms with Crippen molar-refractivity contribution in [3.63, 3.8) is 0 Å². The van der Waals surface area contributed by atoms with Crippen molar-refractivity contribution in [3.05, 3.63) is 0 Å². The van der Waals surface area contributed by atoms with Crippen molar-refractivity contribution >= 4 is 42.2 Å². The average Bonchev–Trinajstić information content (AvgIpc) is 2.74. The van der Waals surface area contributed by atoms with E-state index in [-0.39, 0.29) is 30.4 Å². The van der Waals surface area contributed by atoms with E-state index in [0.717, 1.165) is 0 Å². The molecule has 34 heavy (non-hydrogen) atoms. The van der Waals surface area contributed by atoms with E-state index in [1.54, 1.807) is 0 Å². The number of aliphatic carboxylic acids is 1. The third-order valence-electron chi connectivity index (χ3n) is 4.76. The molecule has 8 N–H and O–H groups in total. The molecule has 0 unspecified atom stereocenters. The quantitative estimate of drug-likeness (QED) is 0.121. The fraction of sp³-hybridized carbons (Fsp3) is 0.762. The van der Waals surface area contributed by atoms with Gasteiger partial charge < -0.3 is 37.2 Å². The summed E-state index contributed by atoms with van der Waals surface area (Å²) in [5.41, 5.74) is 5.59. The highest BCUT2D eigenvalue weighted by atomic mass is 32.1. The van der Waals surface area contributed by atoms with Crippen molar-refractivity contribution in [1.29, 1.82) is 0 Å². The van der Waals surface area contributed by atoms with Gasteiger partial charge in [0, 0.05) is 5.75 Å². The third-order valence-corrected chi connectivity index (χ3v) is 5.16. The van der Waals surface area contributed by atoms with Crippen LogP contribution in [0.1, 0.15) is 47.5 Å². The monoisotopic (exact) mass is 505 g/mol. The number of aliphatic hydroxyl groups excluding tert-OH is 1. The highest BCUT2D eigenvalue weighted by molar-refractivity contribution is 7.80. The fourth-order valence-corrected chi connectivity index (χ4v) is 3.07. The smallest absolute Gasteiger partial charge is 0.328 e. The van der Waals surface area contributed by atoms with Gasteiger partial charge >= 0.3 is 5.97 Å². The largest absolute Gasteiger partial charge is 0.480 e. The summed E-state index contributed by atoms with van der Waals surface area (Å²) < 4.78 is 0. The number of hydrogen-bond donors (Lipinski definition) is 8. The Kier molecular flexibility index (Phi) is 14.4. The molecule has 13 heteroatoms. The van der Waals surface area contributed by atoms with Crippen LogP contribution in [0.4, 0.5) is 0 Å². The van der Waals surface area contributed by atoms with Crippen molar-refractivity contribution in [2.75, 3.05) is 12.4 Å². The Morgan fingerprint density at radius 2 is 1.15 bits per heavy atom. The standard InChI is InChI=1S/C21H39N5O7S/c1-10(2)6-14(24-17(28)12(5)23-18(29)13(22)9-34)19(30)25-15(7-11(3)4)20(31)26-16(8-27)21(32)33/h10-16,27,34H,6-9,22H2,1-5H3,(H,23,29)(H,24,28)(H,25,30)(H,26,31)(H,32,33)/t12-,13-,14-,15-,16-/m0/s1. The summed E-state index contributed by atoms with van der Waals surface area (Å²) in [4.78, 5) is 61.3. The summed E-state index contributed by atoms with van der Waals surface area (Å²) >= 11 is 3.94. The predicted molar refractivity (Wildman–Crippen MR) is 129 cm³/mol. The zero-order valence-electron chi connectivity index (χ0n) is 20.3. The minimum Gasteiger partial charge on any atom is -0.480 e. The number of nitrogens with one attached hydrogen (secondary N) is 4.